The maximum Gasteiger partial charge on any atom is 0.358 e. The van der Waals surface area contributed by atoms with Crippen LogP contribution in [0.4, 0.5) is 5.82 Å². The number of nitrogens with one attached hydrogen (secondary N) is 1. The molecule has 1 fully saturated rings. The summed E-state index contributed by atoms with van der Waals surface area (Å²) in [5.74, 6) is 0.250. The summed E-state index contributed by atoms with van der Waals surface area (Å²) < 4.78 is 4.57. The van der Waals surface area contributed by atoms with Crippen LogP contribution in [0.2, 0.25) is 0 Å². The molecule has 0 saturated heterocycles. The molecule has 0 aromatic carbocycles. The van der Waals surface area contributed by atoms with Crippen LogP contribution in [-0.4, -0.2) is 29.8 Å². The van der Waals surface area contributed by atoms with Gasteiger partial charge in [0, 0.05) is 6.54 Å². The minimum Gasteiger partial charge on any atom is -0.464 e. The first-order valence-electron chi connectivity index (χ1n) is 6.35. The van der Waals surface area contributed by atoms with Crippen molar-refractivity contribution in [2.75, 3.05) is 19.0 Å². The smallest absolute Gasteiger partial charge is 0.358 e. The summed E-state index contributed by atoms with van der Waals surface area (Å²) >= 11 is 0. The number of anilines is 1. The summed E-state index contributed by atoms with van der Waals surface area (Å²) in [5, 5.41) is 11.1. The Balaban J connectivity index is 1.92. The van der Waals surface area contributed by atoms with Gasteiger partial charge in [-0.2, -0.15) is 0 Å². The molecule has 0 radical (unpaired) electrons. The topological polar surface area (TPSA) is 64.1 Å². The van der Waals surface area contributed by atoms with E-state index in [4.69, 9.17) is 0 Å². The second-order valence-corrected chi connectivity index (χ2v) is 4.86. The molecule has 0 bridgehead atoms. The standard InChI is InChI=1S/C13H19N3O2/c1-3-13(7-4-8-13)9-14-11-6-5-10(15-16-11)12(17)18-2/h5-6H,3-4,7-9H2,1-2H3,(H,14,16). The molecule has 0 spiro atoms. The van der Waals surface area contributed by atoms with Gasteiger partial charge in [-0.05, 0) is 36.8 Å². The van der Waals surface area contributed by atoms with Crippen molar-refractivity contribution in [2.24, 2.45) is 5.41 Å². The molecular formula is C13H19N3O2. The first-order valence-corrected chi connectivity index (χ1v) is 6.35. The third-order valence-corrected chi connectivity index (χ3v) is 3.87. The van der Waals surface area contributed by atoms with E-state index in [1.165, 1.54) is 32.8 Å². The van der Waals surface area contributed by atoms with E-state index in [2.05, 4.69) is 27.2 Å². The molecule has 0 atom stereocenters. The van der Waals surface area contributed by atoms with Gasteiger partial charge in [0.2, 0.25) is 0 Å². The first kappa shape index (κ1) is 12.8. The van der Waals surface area contributed by atoms with Gasteiger partial charge in [-0.1, -0.05) is 13.3 Å². The van der Waals surface area contributed by atoms with E-state index in [-0.39, 0.29) is 5.69 Å². The normalized spacial score (nSPS) is 16.8. The number of aromatic nitrogens is 2. The lowest BCUT2D eigenvalue weighted by atomic mass is 9.67. The van der Waals surface area contributed by atoms with Gasteiger partial charge in [0.05, 0.1) is 7.11 Å². The number of hydrogen-bond donors (Lipinski definition) is 1. The Morgan fingerprint density at radius 3 is 2.67 bits per heavy atom. The maximum absolute atomic E-state index is 11.2. The number of carbonyl (C=O) groups is 1. The Labute approximate surface area is 107 Å². The predicted molar refractivity (Wildman–Crippen MR) is 68.4 cm³/mol. The largest absolute Gasteiger partial charge is 0.464 e. The lowest BCUT2D eigenvalue weighted by molar-refractivity contribution is 0.0592. The molecule has 2 rings (SSSR count). The number of esters is 1. The zero-order chi connectivity index (χ0) is 13.0. The Morgan fingerprint density at radius 1 is 1.44 bits per heavy atom. The van der Waals surface area contributed by atoms with Crippen LogP contribution in [0.5, 0.6) is 0 Å². The molecule has 1 aromatic rings. The number of hydrogen-bond acceptors (Lipinski definition) is 5. The van der Waals surface area contributed by atoms with E-state index in [1.54, 1.807) is 12.1 Å². The van der Waals surface area contributed by atoms with E-state index in [0.717, 1.165) is 6.54 Å². The van der Waals surface area contributed by atoms with E-state index in [9.17, 15) is 4.79 Å². The van der Waals surface area contributed by atoms with Gasteiger partial charge in [-0.15, -0.1) is 10.2 Å². The fourth-order valence-corrected chi connectivity index (χ4v) is 2.25. The van der Waals surface area contributed by atoms with E-state index in [1.807, 2.05) is 0 Å². The molecule has 0 unspecified atom stereocenters. The molecule has 0 aliphatic heterocycles. The second-order valence-electron chi connectivity index (χ2n) is 4.86. The average molecular weight is 249 g/mol. The number of nitrogens with zero attached hydrogens (tertiary/aromatic N) is 2. The second kappa shape index (κ2) is 5.33. The van der Waals surface area contributed by atoms with Crippen molar-refractivity contribution in [2.45, 2.75) is 32.6 Å². The number of ether oxygens (including phenoxy) is 1. The fourth-order valence-electron chi connectivity index (χ4n) is 2.25. The Kier molecular flexibility index (Phi) is 3.79. The summed E-state index contributed by atoms with van der Waals surface area (Å²) in [6, 6.07) is 3.39. The summed E-state index contributed by atoms with van der Waals surface area (Å²) in [5.41, 5.74) is 0.666. The predicted octanol–water partition coefficient (Wildman–Crippen LogP) is 2.26. The lowest BCUT2D eigenvalue weighted by Gasteiger charge is -2.41. The third-order valence-electron chi connectivity index (χ3n) is 3.87. The Bertz CT molecular complexity index is 407. The summed E-state index contributed by atoms with van der Waals surface area (Å²) in [6.45, 7) is 3.16. The molecule has 1 aromatic heterocycles. The minimum absolute atomic E-state index is 0.233. The summed E-state index contributed by atoms with van der Waals surface area (Å²) in [4.78, 5) is 11.2. The minimum atomic E-state index is -0.460. The van der Waals surface area contributed by atoms with Crippen molar-refractivity contribution >= 4 is 11.8 Å². The maximum atomic E-state index is 11.2. The van der Waals surface area contributed by atoms with Crippen molar-refractivity contribution in [3.63, 3.8) is 0 Å². The van der Waals surface area contributed by atoms with Gasteiger partial charge < -0.3 is 10.1 Å². The molecule has 1 aliphatic rings. The van der Waals surface area contributed by atoms with Gasteiger partial charge in [-0.25, -0.2) is 4.79 Å². The van der Waals surface area contributed by atoms with Gasteiger partial charge >= 0.3 is 5.97 Å². The van der Waals surface area contributed by atoms with Crippen LogP contribution in [0.25, 0.3) is 0 Å². The van der Waals surface area contributed by atoms with Crippen LogP contribution in [-0.2, 0) is 4.74 Å². The monoisotopic (exact) mass is 249 g/mol. The van der Waals surface area contributed by atoms with Crippen LogP contribution in [0.3, 0.4) is 0 Å². The number of methoxy groups -OCH3 is 1. The van der Waals surface area contributed by atoms with Gasteiger partial charge in [0.1, 0.15) is 5.82 Å². The number of rotatable bonds is 5. The summed E-state index contributed by atoms with van der Waals surface area (Å²) in [7, 11) is 1.33. The molecule has 1 heterocycles. The fraction of sp³-hybridized carbons (Fsp3) is 0.615. The first-order chi connectivity index (χ1) is 8.69. The Hall–Kier alpha value is -1.65. The molecule has 1 aliphatic carbocycles. The lowest BCUT2D eigenvalue weighted by Crippen LogP contribution is -2.36. The highest BCUT2D eigenvalue weighted by Crippen LogP contribution is 2.43. The van der Waals surface area contributed by atoms with Crippen molar-refractivity contribution < 1.29 is 9.53 Å². The van der Waals surface area contributed by atoms with Crippen molar-refractivity contribution in [1.82, 2.24) is 10.2 Å². The molecule has 1 saturated carbocycles. The van der Waals surface area contributed by atoms with Crippen LogP contribution in [0.1, 0.15) is 43.1 Å². The zero-order valence-electron chi connectivity index (χ0n) is 10.9. The molecule has 98 valence electrons. The Morgan fingerprint density at radius 2 is 2.22 bits per heavy atom. The van der Waals surface area contributed by atoms with Gasteiger partial charge in [0.15, 0.2) is 5.69 Å². The van der Waals surface area contributed by atoms with Crippen molar-refractivity contribution in [1.29, 1.82) is 0 Å². The van der Waals surface area contributed by atoms with Crippen LogP contribution < -0.4 is 5.32 Å². The van der Waals surface area contributed by atoms with Crippen LogP contribution in [0.15, 0.2) is 12.1 Å². The molecule has 1 N–H and O–H groups in total. The van der Waals surface area contributed by atoms with E-state index in [0.29, 0.717) is 11.2 Å². The number of carbonyl (C=O) groups excluding carboxylic acids is 1. The third kappa shape index (κ3) is 2.60. The van der Waals surface area contributed by atoms with Crippen molar-refractivity contribution in [3.8, 4) is 0 Å². The van der Waals surface area contributed by atoms with Gasteiger partial charge in [0.25, 0.3) is 0 Å². The van der Waals surface area contributed by atoms with E-state index >= 15 is 0 Å². The highest BCUT2D eigenvalue weighted by atomic mass is 16.5. The molecule has 18 heavy (non-hydrogen) atoms. The molecular weight excluding hydrogens is 230 g/mol. The van der Waals surface area contributed by atoms with Crippen molar-refractivity contribution in [3.05, 3.63) is 17.8 Å². The highest BCUT2D eigenvalue weighted by Gasteiger charge is 2.34. The summed E-state index contributed by atoms with van der Waals surface area (Å²) in [6.07, 6.45) is 5.07. The average Bonchev–Trinajstić information content (AvgIpc) is 2.38. The molecule has 5 heteroatoms. The SMILES string of the molecule is CCC1(CNc2ccc(C(=O)OC)nn2)CCC1. The quantitative estimate of drug-likeness (QED) is 0.811. The zero-order valence-corrected chi connectivity index (χ0v) is 10.9. The van der Waals surface area contributed by atoms with Gasteiger partial charge in [-0.3, -0.25) is 0 Å². The molecule has 5 nitrogen and oxygen atoms in total. The molecule has 0 amide bonds. The highest BCUT2D eigenvalue weighted by molar-refractivity contribution is 5.86. The van der Waals surface area contributed by atoms with Crippen LogP contribution >= 0.6 is 0 Å². The van der Waals surface area contributed by atoms with Crippen LogP contribution in [0, 0.1) is 5.41 Å². The van der Waals surface area contributed by atoms with E-state index < -0.39 is 5.97 Å².